The lowest BCUT2D eigenvalue weighted by atomic mass is 10.1. The van der Waals surface area contributed by atoms with Crippen molar-refractivity contribution in [1.29, 1.82) is 0 Å². The zero-order chi connectivity index (χ0) is 21.3. The molecule has 0 saturated carbocycles. The summed E-state index contributed by atoms with van der Waals surface area (Å²) in [5, 5.41) is 0. The van der Waals surface area contributed by atoms with Gasteiger partial charge in [-0.1, -0.05) is 72.3 Å². The van der Waals surface area contributed by atoms with E-state index in [9.17, 15) is 0 Å². The Labute approximate surface area is 187 Å². The summed E-state index contributed by atoms with van der Waals surface area (Å²) in [4.78, 5) is 0. The number of halogens is 1. The molecule has 3 rings (SSSR count). The summed E-state index contributed by atoms with van der Waals surface area (Å²) >= 11 is 3.74. The van der Waals surface area contributed by atoms with E-state index in [0.29, 0.717) is 19.0 Å². The minimum Gasteiger partial charge on any atom is -0.493 e. The first kappa shape index (κ1) is 22.0. The van der Waals surface area contributed by atoms with Crippen LogP contribution in [0.2, 0.25) is 0 Å². The third-order valence-electron chi connectivity index (χ3n) is 4.63. The molecule has 0 aliphatic carbocycles. The zero-order valence-electron chi connectivity index (χ0n) is 17.7. The molecule has 0 aliphatic rings. The lowest BCUT2D eigenvalue weighted by Gasteiger charge is -2.19. The maximum Gasteiger partial charge on any atom is 0.165 e. The van der Waals surface area contributed by atoms with Crippen LogP contribution in [0.25, 0.3) is 0 Å². The van der Waals surface area contributed by atoms with Crippen molar-refractivity contribution in [2.75, 3.05) is 7.11 Å². The minimum absolute atomic E-state index is 0.457. The van der Waals surface area contributed by atoms with Crippen LogP contribution in [0.5, 0.6) is 17.2 Å². The van der Waals surface area contributed by atoms with Crippen molar-refractivity contribution in [2.45, 2.75) is 33.5 Å². The van der Waals surface area contributed by atoms with Crippen LogP contribution in [0.15, 0.2) is 82.9 Å². The summed E-state index contributed by atoms with van der Waals surface area (Å²) in [6.07, 6.45) is 2.89. The highest BCUT2D eigenvalue weighted by atomic mass is 79.9. The molecule has 0 radical (unpaired) electrons. The summed E-state index contributed by atoms with van der Waals surface area (Å²) in [6.45, 7) is 5.11. The highest BCUT2D eigenvalue weighted by Gasteiger charge is 2.19. The molecular weight excluding hydrogens is 440 g/mol. The van der Waals surface area contributed by atoms with Crippen molar-refractivity contribution >= 4 is 15.9 Å². The molecule has 0 aliphatic heterocycles. The van der Waals surface area contributed by atoms with E-state index in [1.54, 1.807) is 7.11 Å². The van der Waals surface area contributed by atoms with Crippen molar-refractivity contribution < 1.29 is 14.2 Å². The van der Waals surface area contributed by atoms with Gasteiger partial charge in [0.1, 0.15) is 19.0 Å². The Morgan fingerprint density at radius 3 is 1.87 bits per heavy atom. The van der Waals surface area contributed by atoms with E-state index in [-0.39, 0.29) is 0 Å². The van der Waals surface area contributed by atoms with Gasteiger partial charge in [0.2, 0.25) is 0 Å². The molecule has 156 valence electrons. The lowest BCUT2D eigenvalue weighted by Crippen LogP contribution is -2.04. The second kappa shape index (κ2) is 10.9. The third kappa shape index (κ3) is 5.90. The number of ether oxygens (including phenoxy) is 3. The second-order valence-electron chi connectivity index (χ2n) is 7.23. The van der Waals surface area contributed by atoms with E-state index in [2.05, 4.69) is 35.9 Å². The van der Waals surface area contributed by atoms with Gasteiger partial charge in [-0.3, -0.25) is 0 Å². The third-order valence-corrected chi connectivity index (χ3v) is 5.50. The summed E-state index contributed by atoms with van der Waals surface area (Å²) in [7, 11) is 1.67. The second-order valence-corrected chi connectivity index (χ2v) is 8.03. The van der Waals surface area contributed by atoms with Crippen molar-refractivity contribution in [3.05, 3.63) is 99.5 Å². The quantitative estimate of drug-likeness (QED) is 0.314. The molecule has 3 nitrogen and oxygen atoms in total. The standard InChI is InChI=1S/C26H27BrO3/c1-19(2)14-15-22-25(27)23(29-17-20-10-6-4-7-11-20)16-24(26(22)28-3)30-18-21-12-8-5-9-13-21/h4-14,16H,15,17-18H2,1-3H3. The van der Waals surface area contributed by atoms with Crippen LogP contribution < -0.4 is 14.2 Å². The molecule has 0 saturated heterocycles. The molecule has 0 bridgehead atoms. The van der Waals surface area contributed by atoms with Gasteiger partial charge in [-0.2, -0.15) is 0 Å². The molecule has 0 N–H and O–H groups in total. The average Bonchev–Trinajstić information content (AvgIpc) is 2.77. The first-order chi connectivity index (χ1) is 14.6. The molecule has 3 aromatic carbocycles. The van der Waals surface area contributed by atoms with Gasteiger partial charge in [-0.05, 0) is 47.3 Å². The van der Waals surface area contributed by atoms with Crippen LogP contribution in [-0.2, 0) is 19.6 Å². The summed E-state index contributed by atoms with van der Waals surface area (Å²) < 4.78 is 19.0. The molecular formula is C26H27BrO3. The molecule has 30 heavy (non-hydrogen) atoms. The molecule has 4 heteroatoms. The average molecular weight is 467 g/mol. The summed E-state index contributed by atoms with van der Waals surface area (Å²) in [5.74, 6) is 2.13. The maximum atomic E-state index is 6.16. The van der Waals surface area contributed by atoms with Crippen molar-refractivity contribution in [2.24, 2.45) is 0 Å². The van der Waals surface area contributed by atoms with Gasteiger partial charge in [-0.15, -0.1) is 0 Å². The number of hydrogen-bond donors (Lipinski definition) is 0. The van der Waals surface area contributed by atoms with E-state index in [1.807, 2.05) is 66.7 Å². The number of benzene rings is 3. The maximum absolute atomic E-state index is 6.16. The van der Waals surface area contributed by atoms with E-state index in [4.69, 9.17) is 14.2 Å². The first-order valence-electron chi connectivity index (χ1n) is 9.94. The van der Waals surface area contributed by atoms with Crippen LogP contribution in [0.3, 0.4) is 0 Å². The molecule has 3 aromatic rings. The monoisotopic (exact) mass is 466 g/mol. The lowest BCUT2D eigenvalue weighted by molar-refractivity contribution is 0.272. The number of hydrogen-bond acceptors (Lipinski definition) is 3. The SMILES string of the molecule is COc1c(OCc2ccccc2)cc(OCc2ccccc2)c(Br)c1CC=C(C)C. The molecule has 0 unspecified atom stereocenters. The largest absolute Gasteiger partial charge is 0.493 e. The van der Waals surface area contributed by atoms with Crippen molar-refractivity contribution in [3.8, 4) is 17.2 Å². The molecule has 0 amide bonds. The Kier molecular flexibility index (Phi) is 7.97. The van der Waals surface area contributed by atoms with E-state index in [1.165, 1.54) is 5.57 Å². The van der Waals surface area contributed by atoms with Gasteiger partial charge in [0.25, 0.3) is 0 Å². The molecule has 0 spiro atoms. The number of methoxy groups -OCH3 is 1. The minimum atomic E-state index is 0.457. The Hall–Kier alpha value is -2.72. The molecule has 0 heterocycles. The smallest absolute Gasteiger partial charge is 0.165 e. The fourth-order valence-electron chi connectivity index (χ4n) is 3.04. The van der Waals surface area contributed by atoms with E-state index < -0.39 is 0 Å². The fraction of sp³-hybridized carbons (Fsp3) is 0.231. The van der Waals surface area contributed by atoms with Gasteiger partial charge in [0.05, 0.1) is 11.6 Å². The highest BCUT2D eigenvalue weighted by Crippen LogP contribution is 2.43. The molecule has 0 aromatic heterocycles. The fourth-order valence-corrected chi connectivity index (χ4v) is 3.61. The Morgan fingerprint density at radius 1 is 0.833 bits per heavy atom. The van der Waals surface area contributed by atoms with E-state index in [0.717, 1.165) is 39.1 Å². The van der Waals surface area contributed by atoms with Crippen LogP contribution in [0.1, 0.15) is 30.5 Å². The normalized spacial score (nSPS) is 10.4. The Balaban J connectivity index is 1.93. The number of rotatable bonds is 9. The topological polar surface area (TPSA) is 27.7 Å². The van der Waals surface area contributed by atoms with Crippen molar-refractivity contribution in [3.63, 3.8) is 0 Å². The predicted molar refractivity (Wildman–Crippen MR) is 125 cm³/mol. The Morgan fingerprint density at radius 2 is 1.37 bits per heavy atom. The van der Waals surface area contributed by atoms with Crippen LogP contribution in [-0.4, -0.2) is 7.11 Å². The first-order valence-corrected chi connectivity index (χ1v) is 10.7. The number of allylic oxidation sites excluding steroid dienone is 2. The van der Waals surface area contributed by atoms with Gasteiger partial charge in [0, 0.05) is 11.6 Å². The van der Waals surface area contributed by atoms with Gasteiger partial charge >= 0.3 is 0 Å². The highest BCUT2D eigenvalue weighted by molar-refractivity contribution is 9.10. The van der Waals surface area contributed by atoms with Gasteiger partial charge < -0.3 is 14.2 Å². The molecule has 0 atom stereocenters. The Bertz CT molecular complexity index is 978. The van der Waals surface area contributed by atoms with Gasteiger partial charge in [-0.25, -0.2) is 0 Å². The predicted octanol–water partition coefficient (Wildman–Crippen LogP) is 7.12. The summed E-state index contributed by atoms with van der Waals surface area (Å²) in [5.41, 5.74) is 4.46. The van der Waals surface area contributed by atoms with Crippen LogP contribution in [0.4, 0.5) is 0 Å². The van der Waals surface area contributed by atoms with Crippen LogP contribution >= 0.6 is 15.9 Å². The van der Waals surface area contributed by atoms with Crippen molar-refractivity contribution in [1.82, 2.24) is 0 Å². The van der Waals surface area contributed by atoms with Crippen LogP contribution in [0, 0.1) is 0 Å². The molecule has 0 fully saturated rings. The van der Waals surface area contributed by atoms with Gasteiger partial charge in [0.15, 0.2) is 11.5 Å². The van der Waals surface area contributed by atoms with E-state index >= 15 is 0 Å². The zero-order valence-corrected chi connectivity index (χ0v) is 19.2. The summed E-state index contributed by atoms with van der Waals surface area (Å²) in [6, 6.07) is 22.1.